The molecule has 0 aliphatic heterocycles. The molecule has 0 N–H and O–H groups in total. The first kappa shape index (κ1) is 13.4. The fourth-order valence-corrected chi connectivity index (χ4v) is 2.49. The third-order valence-electron chi connectivity index (χ3n) is 3.51. The number of fused-ring (bicyclic) bond motifs is 1. The summed E-state index contributed by atoms with van der Waals surface area (Å²) in [7, 11) is 1.55. The molecule has 4 heteroatoms. The predicted molar refractivity (Wildman–Crippen MR) is 79.2 cm³/mol. The van der Waals surface area contributed by atoms with Crippen molar-refractivity contribution in [1.29, 1.82) is 0 Å². The summed E-state index contributed by atoms with van der Waals surface area (Å²) in [6, 6.07) is 11.4. The van der Waals surface area contributed by atoms with Gasteiger partial charge in [-0.15, -0.1) is 0 Å². The molecular weight excluding hydrogens is 271 g/mol. The molecule has 0 aliphatic rings. The molecule has 0 unspecified atom stereocenters. The van der Waals surface area contributed by atoms with E-state index in [2.05, 4.69) is 0 Å². The summed E-state index contributed by atoms with van der Waals surface area (Å²) in [5, 5.41) is 0.705. The van der Waals surface area contributed by atoms with Gasteiger partial charge in [0.15, 0.2) is 0 Å². The van der Waals surface area contributed by atoms with Crippen LogP contribution in [0.4, 0.5) is 4.39 Å². The molecule has 3 aromatic rings. The maximum atomic E-state index is 13.3. The van der Waals surface area contributed by atoms with Crippen LogP contribution >= 0.6 is 0 Å². The number of para-hydroxylation sites is 1. The van der Waals surface area contributed by atoms with Gasteiger partial charge < -0.3 is 9.15 Å². The highest BCUT2D eigenvalue weighted by Gasteiger charge is 2.16. The minimum absolute atomic E-state index is 0.246. The minimum atomic E-state index is -0.505. The number of ether oxygens (including phenoxy) is 1. The van der Waals surface area contributed by atoms with Gasteiger partial charge in [-0.2, -0.15) is 0 Å². The highest BCUT2D eigenvalue weighted by Crippen LogP contribution is 2.32. The van der Waals surface area contributed by atoms with Crippen molar-refractivity contribution < 1.29 is 13.5 Å². The molecule has 0 saturated carbocycles. The van der Waals surface area contributed by atoms with Gasteiger partial charge in [-0.25, -0.2) is 9.18 Å². The third-order valence-corrected chi connectivity index (χ3v) is 3.51. The highest BCUT2D eigenvalue weighted by molar-refractivity contribution is 5.87. The van der Waals surface area contributed by atoms with Crippen molar-refractivity contribution in [1.82, 2.24) is 0 Å². The summed E-state index contributed by atoms with van der Waals surface area (Å²) in [5.74, 6) is 0.157. The summed E-state index contributed by atoms with van der Waals surface area (Å²) < 4.78 is 23.8. The molecule has 1 heterocycles. The van der Waals surface area contributed by atoms with E-state index in [0.717, 1.165) is 5.56 Å². The van der Waals surface area contributed by atoms with E-state index < -0.39 is 11.4 Å². The standard InChI is InChI=1S/C17H13FO3/c1-10-12-8-7-11(18)9-15(12)21-17(19)16(10)13-5-3-4-6-14(13)20-2/h3-9H,1-2H3. The van der Waals surface area contributed by atoms with Crippen LogP contribution in [-0.4, -0.2) is 7.11 Å². The molecule has 0 aliphatic carbocycles. The Morgan fingerprint density at radius 2 is 1.90 bits per heavy atom. The van der Waals surface area contributed by atoms with E-state index in [1.807, 2.05) is 19.1 Å². The van der Waals surface area contributed by atoms with Crippen LogP contribution < -0.4 is 10.4 Å². The van der Waals surface area contributed by atoms with Crippen molar-refractivity contribution >= 4 is 11.0 Å². The lowest BCUT2D eigenvalue weighted by Gasteiger charge is -2.11. The summed E-state index contributed by atoms with van der Waals surface area (Å²) in [4.78, 5) is 12.3. The van der Waals surface area contributed by atoms with Gasteiger partial charge in [-0.1, -0.05) is 18.2 Å². The molecule has 0 saturated heterocycles. The highest BCUT2D eigenvalue weighted by atomic mass is 19.1. The Labute approximate surface area is 120 Å². The number of hydrogen-bond acceptors (Lipinski definition) is 3. The normalized spacial score (nSPS) is 10.8. The van der Waals surface area contributed by atoms with Gasteiger partial charge in [0.2, 0.25) is 0 Å². The van der Waals surface area contributed by atoms with E-state index >= 15 is 0 Å². The summed E-state index contributed by atoms with van der Waals surface area (Å²) in [5.41, 5.74) is 1.58. The van der Waals surface area contributed by atoms with Gasteiger partial charge in [0.05, 0.1) is 12.7 Å². The molecular formula is C17H13FO3. The largest absolute Gasteiger partial charge is 0.496 e. The van der Waals surface area contributed by atoms with Crippen LogP contribution in [0.15, 0.2) is 51.7 Å². The molecule has 3 nitrogen and oxygen atoms in total. The molecule has 0 spiro atoms. The maximum Gasteiger partial charge on any atom is 0.344 e. The van der Waals surface area contributed by atoms with Crippen molar-refractivity contribution in [3.63, 3.8) is 0 Å². The van der Waals surface area contributed by atoms with Crippen LogP contribution in [-0.2, 0) is 0 Å². The van der Waals surface area contributed by atoms with Crippen LogP contribution in [0.5, 0.6) is 5.75 Å². The summed E-state index contributed by atoms with van der Waals surface area (Å²) >= 11 is 0. The molecule has 1 aromatic heterocycles. The van der Waals surface area contributed by atoms with Gasteiger partial charge in [-0.3, -0.25) is 0 Å². The van der Waals surface area contributed by atoms with Gasteiger partial charge in [0, 0.05) is 17.0 Å². The zero-order valence-corrected chi connectivity index (χ0v) is 11.6. The van der Waals surface area contributed by atoms with Crippen LogP contribution in [0.3, 0.4) is 0 Å². The van der Waals surface area contributed by atoms with E-state index in [4.69, 9.17) is 9.15 Å². The van der Waals surface area contributed by atoms with Crippen molar-refractivity contribution in [2.24, 2.45) is 0 Å². The SMILES string of the molecule is COc1ccccc1-c1c(C)c2ccc(F)cc2oc1=O. The van der Waals surface area contributed by atoms with Crippen molar-refractivity contribution in [3.05, 3.63) is 64.3 Å². The number of methoxy groups -OCH3 is 1. The first-order valence-corrected chi connectivity index (χ1v) is 6.48. The monoisotopic (exact) mass is 284 g/mol. The van der Waals surface area contributed by atoms with E-state index in [1.54, 1.807) is 25.3 Å². The molecule has 21 heavy (non-hydrogen) atoms. The van der Waals surface area contributed by atoms with Gasteiger partial charge in [0.25, 0.3) is 0 Å². The lowest BCUT2D eigenvalue weighted by molar-refractivity contribution is 0.416. The van der Waals surface area contributed by atoms with E-state index in [9.17, 15) is 9.18 Å². The Kier molecular flexibility index (Phi) is 3.22. The zero-order valence-electron chi connectivity index (χ0n) is 11.6. The first-order chi connectivity index (χ1) is 10.1. The van der Waals surface area contributed by atoms with Crippen LogP contribution in [0.1, 0.15) is 5.56 Å². The molecule has 0 fully saturated rings. The topological polar surface area (TPSA) is 39.4 Å². The Morgan fingerprint density at radius 1 is 1.14 bits per heavy atom. The predicted octanol–water partition coefficient (Wildman–Crippen LogP) is 3.92. The van der Waals surface area contributed by atoms with Crippen LogP contribution in [0.25, 0.3) is 22.1 Å². The van der Waals surface area contributed by atoms with Gasteiger partial charge >= 0.3 is 5.63 Å². The first-order valence-electron chi connectivity index (χ1n) is 6.48. The summed E-state index contributed by atoms with van der Waals surface area (Å²) in [6.45, 7) is 1.82. The van der Waals surface area contributed by atoms with E-state index in [0.29, 0.717) is 22.3 Å². The third kappa shape index (κ3) is 2.18. The number of halogens is 1. The number of benzene rings is 2. The molecule has 0 amide bonds. The Morgan fingerprint density at radius 3 is 2.67 bits per heavy atom. The fourth-order valence-electron chi connectivity index (χ4n) is 2.49. The quantitative estimate of drug-likeness (QED) is 0.670. The smallest absolute Gasteiger partial charge is 0.344 e. The summed E-state index contributed by atoms with van der Waals surface area (Å²) in [6.07, 6.45) is 0. The fraction of sp³-hybridized carbons (Fsp3) is 0.118. The number of aryl methyl sites for hydroxylation is 1. The maximum absolute atomic E-state index is 13.3. The number of hydrogen-bond donors (Lipinski definition) is 0. The van der Waals surface area contributed by atoms with Crippen LogP contribution in [0, 0.1) is 12.7 Å². The Bertz CT molecular complexity index is 881. The average molecular weight is 284 g/mol. The lowest BCUT2D eigenvalue weighted by atomic mass is 9.99. The lowest BCUT2D eigenvalue weighted by Crippen LogP contribution is -2.07. The van der Waals surface area contributed by atoms with Crippen molar-refractivity contribution in [2.75, 3.05) is 7.11 Å². The molecule has 0 radical (unpaired) electrons. The molecule has 106 valence electrons. The van der Waals surface area contributed by atoms with E-state index in [1.165, 1.54) is 12.1 Å². The van der Waals surface area contributed by atoms with Crippen LogP contribution in [0.2, 0.25) is 0 Å². The molecule has 2 aromatic carbocycles. The van der Waals surface area contributed by atoms with Gasteiger partial charge in [0.1, 0.15) is 17.1 Å². The Balaban J connectivity index is 2.38. The second kappa shape index (κ2) is 5.05. The van der Waals surface area contributed by atoms with Gasteiger partial charge in [-0.05, 0) is 30.7 Å². The second-order valence-electron chi connectivity index (χ2n) is 4.73. The van der Waals surface area contributed by atoms with E-state index in [-0.39, 0.29) is 5.58 Å². The minimum Gasteiger partial charge on any atom is -0.496 e. The molecule has 0 atom stereocenters. The number of rotatable bonds is 2. The molecule has 3 rings (SSSR count). The average Bonchev–Trinajstić information content (AvgIpc) is 2.47. The Hall–Kier alpha value is -2.62. The zero-order chi connectivity index (χ0) is 15.0. The second-order valence-corrected chi connectivity index (χ2v) is 4.73. The van der Waals surface area contributed by atoms with Crippen molar-refractivity contribution in [2.45, 2.75) is 6.92 Å². The van der Waals surface area contributed by atoms with Crippen molar-refractivity contribution in [3.8, 4) is 16.9 Å². The molecule has 0 bridgehead atoms.